The van der Waals surface area contributed by atoms with Gasteiger partial charge >= 0.3 is 6.03 Å². The Morgan fingerprint density at radius 2 is 2.00 bits per heavy atom. The maximum atomic E-state index is 13.2. The Morgan fingerprint density at radius 1 is 1.15 bits per heavy atom. The number of hydrogen-bond acceptors (Lipinski definition) is 3. The summed E-state index contributed by atoms with van der Waals surface area (Å²) in [5.74, 6) is 0.906. The molecule has 2 amide bonds. The Hall–Kier alpha value is -2.11. The van der Waals surface area contributed by atoms with E-state index in [9.17, 15) is 4.79 Å². The van der Waals surface area contributed by atoms with Gasteiger partial charge in [0.1, 0.15) is 0 Å². The van der Waals surface area contributed by atoms with Gasteiger partial charge in [0.05, 0.1) is 6.04 Å². The van der Waals surface area contributed by atoms with Gasteiger partial charge in [-0.2, -0.15) is 0 Å². The van der Waals surface area contributed by atoms with Crippen LogP contribution in [0.3, 0.4) is 0 Å². The maximum Gasteiger partial charge on any atom is 0.322 e. The predicted molar refractivity (Wildman–Crippen MR) is 106 cm³/mol. The van der Waals surface area contributed by atoms with E-state index in [1.54, 1.807) is 6.07 Å². The summed E-state index contributed by atoms with van der Waals surface area (Å²) in [5.41, 5.74) is 1.98. The molecule has 0 aliphatic carbocycles. The van der Waals surface area contributed by atoms with Crippen molar-refractivity contribution in [2.75, 3.05) is 25.0 Å². The molecule has 1 aromatic carbocycles. The number of anilines is 1. The molecule has 1 aromatic heterocycles. The van der Waals surface area contributed by atoms with Crippen LogP contribution in [0.5, 0.6) is 0 Å². The molecule has 0 radical (unpaired) electrons. The summed E-state index contributed by atoms with van der Waals surface area (Å²) in [6.07, 6.45) is 6.14. The van der Waals surface area contributed by atoms with Gasteiger partial charge in [0.25, 0.3) is 0 Å². The minimum Gasteiger partial charge on any atom is -0.319 e. The number of pyridine rings is 1. The lowest BCUT2D eigenvalue weighted by Crippen LogP contribution is -2.61. The summed E-state index contributed by atoms with van der Waals surface area (Å²) in [6, 6.07) is 12.1. The van der Waals surface area contributed by atoms with E-state index in [0.29, 0.717) is 22.9 Å². The summed E-state index contributed by atoms with van der Waals surface area (Å²) < 4.78 is 0. The zero-order chi connectivity index (χ0) is 18.4. The fourth-order valence-electron chi connectivity index (χ4n) is 5.30. The summed E-state index contributed by atoms with van der Waals surface area (Å²) in [7, 11) is 0. The highest BCUT2D eigenvalue weighted by atomic mass is 35.5. The highest BCUT2D eigenvalue weighted by Crippen LogP contribution is 2.46. The number of benzene rings is 1. The van der Waals surface area contributed by atoms with Gasteiger partial charge in [-0.25, -0.2) is 4.79 Å². The quantitative estimate of drug-likeness (QED) is 0.858. The first-order valence-electron chi connectivity index (χ1n) is 9.68. The Bertz CT molecular complexity index is 837. The van der Waals surface area contributed by atoms with E-state index in [0.717, 1.165) is 25.3 Å². The average molecular weight is 383 g/mol. The van der Waals surface area contributed by atoms with Gasteiger partial charge in [-0.05, 0) is 61.7 Å². The third kappa shape index (κ3) is 2.99. The number of carbonyl (C=O) groups is 1. The van der Waals surface area contributed by atoms with Crippen LogP contribution >= 0.6 is 11.6 Å². The first-order valence-corrected chi connectivity index (χ1v) is 10.1. The van der Waals surface area contributed by atoms with Crippen molar-refractivity contribution in [2.24, 2.45) is 5.92 Å². The van der Waals surface area contributed by atoms with Gasteiger partial charge in [0, 0.05) is 41.6 Å². The number of nitrogens with zero attached hydrogens (tertiary/aromatic N) is 3. The van der Waals surface area contributed by atoms with E-state index in [2.05, 4.69) is 26.2 Å². The first-order chi connectivity index (χ1) is 13.2. The third-order valence-corrected chi connectivity index (χ3v) is 6.68. The monoisotopic (exact) mass is 382 g/mol. The minimum absolute atomic E-state index is 0.0209. The Morgan fingerprint density at radius 3 is 2.74 bits per heavy atom. The lowest BCUT2D eigenvalue weighted by molar-refractivity contribution is 0.00493. The number of carbonyl (C=O) groups excluding carboxylic acids is 1. The molecule has 4 aliphatic heterocycles. The molecule has 2 bridgehead atoms. The zero-order valence-corrected chi connectivity index (χ0v) is 15.8. The molecule has 5 heterocycles. The average Bonchev–Trinajstić information content (AvgIpc) is 3.13. The van der Waals surface area contributed by atoms with E-state index >= 15 is 0 Å². The summed E-state index contributed by atoms with van der Waals surface area (Å²) in [4.78, 5) is 22.2. The standard InChI is InChI=1S/C21H23ClN4O/c22-16-4-1-5-17(11-16)24-21(27)26-13-18(15-3-2-8-23-12-15)20-19(26)14-6-9-25(20)10-7-14/h1-5,8,11-12,14,18-20H,6-7,9-10,13H2,(H,24,27). The van der Waals surface area contributed by atoms with Gasteiger partial charge in [-0.3, -0.25) is 9.88 Å². The molecular weight excluding hydrogens is 360 g/mol. The van der Waals surface area contributed by atoms with E-state index in [4.69, 9.17) is 11.6 Å². The number of piperidine rings is 3. The van der Waals surface area contributed by atoms with Crippen molar-refractivity contribution >= 4 is 23.3 Å². The maximum absolute atomic E-state index is 13.2. The second-order valence-electron chi connectivity index (χ2n) is 7.84. The van der Waals surface area contributed by atoms with Crippen LogP contribution < -0.4 is 5.32 Å². The van der Waals surface area contributed by atoms with E-state index in [-0.39, 0.29) is 12.1 Å². The van der Waals surface area contributed by atoms with Crippen LogP contribution in [0.4, 0.5) is 10.5 Å². The number of likely N-dealkylation sites (tertiary alicyclic amines) is 1. The molecule has 27 heavy (non-hydrogen) atoms. The van der Waals surface area contributed by atoms with Crippen LogP contribution in [0.15, 0.2) is 48.8 Å². The van der Waals surface area contributed by atoms with Crippen molar-refractivity contribution in [2.45, 2.75) is 30.8 Å². The van der Waals surface area contributed by atoms with Crippen LogP contribution in [0.1, 0.15) is 24.3 Å². The number of hydrogen-bond donors (Lipinski definition) is 1. The molecule has 140 valence electrons. The molecule has 4 fully saturated rings. The van der Waals surface area contributed by atoms with E-state index in [1.807, 2.05) is 36.7 Å². The topological polar surface area (TPSA) is 48.5 Å². The van der Waals surface area contributed by atoms with Crippen LogP contribution in [-0.2, 0) is 0 Å². The second kappa shape index (κ2) is 6.80. The molecule has 0 saturated carbocycles. The number of fused-ring (bicyclic) bond motifs is 2. The Kier molecular flexibility index (Phi) is 4.29. The highest BCUT2D eigenvalue weighted by molar-refractivity contribution is 6.30. The Balaban J connectivity index is 1.44. The van der Waals surface area contributed by atoms with Gasteiger partial charge in [-0.1, -0.05) is 23.7 Å². The molecule has 5 nitrogen and oxygen atoms in total. The molecule has 4 aliphatic rings. The normalized spacial score (nSPS) is 31.6. The highest BCUT2D eigenvalue weighted by Gasteiger charge is 2.54. The van der Waals surface area contributed by atoms with Crippen LogP contribution in [0.2, 0.25) is 5.02 Å². The molecule has 6 rings (SSSR count). The fourth-order valence-corrected chi connectivity index (χ4v) is 5.49. The largest absolute Gasteiger partial charge is 0.322 e. The minimum atomic E-state index is -0.0209. The molecule has 4 saturated heterocycles. The van der Waals surface area contributed by atoms with Crippen molar-refractivity contribution in [1.29, 1.82) is 0 Å². The number of halogens is 1. The molecule has 6 heteroatoms. The zero-order valence-electron chi connectivity index (χ0n) is 15.1. The van der Waals surface area contributed by atoms with Gasteiger partial charge in [0.15, 0.2) is 0 Å². The number of aromatic nitrogens is 1. The molecule has 3 unspecified atom stereocenters. The van der Waals surface area contributed by atoms with E-state index < -0.39 is 0 Å². The number of rotatable bonds is 2. The van der Waals surface area contributed by atoms with E-state index in [1.165, 1.54) is 18.4 Å². The van der Waals surface area contributed by atoms with Crippen molar-refractivity contribution in [3.63, 3.8) is 0 Å². The number of urea groups is 1. The molecule has 3 atom stereocenters. The van der Waals surface area contributed by atoms with Crippen molar-refractivity contribution in [1.82, 2.24) is 14.8 Å². The predicted octanol–water partition coefficient (Wildman–Crippen LogP) is 3.83. The van der Waals surface area contributed by atoms with Gasteiger partial charge in [-0.15, -0.1) is 0 Å². The second-order valence-corrected chi connectivity index (χ2v) is 8.28. The summed E-state index contributed by atoms with van der Waals surface area (Å²) >= 11 is 6.07. The summed E-state index contributed by atoms with van der Waals surface area (Å²) in [6.45, 7) is 3.03. The molecule has 0 spiro atoms. The molecular formula is C21H23ClN4O. The van der Waals surface area contributed by atoms with Crippen molar-refractivity contribution in [3.8, 4) is 0 Å². The smallest absolute Gasteiger partial charge is 0.319 e. The lowest BCUT2D eigenvalue weighted by atomic mass is 9.75. The third-order valence-electron chi connectivity index (χ3n) is 6.44. The van der Waals surface area contributed by atoms with Crippen LogP contribution in [-0.4, -0.2) is 52.5 Å². The lowest BCUT2D eigenvalue weighted by Gasteiger charge is -2.51. The van der Waals surface area contributed by atoms with Gasteiger partial charge < -0.3 is 10.2 Å². The van der Waals surface area contributed by atoms with Crippen molar-refractivity contribution < 1.29 is 4.79 Å². The summed E-state index contributed by atoms with van der Waals surface area (Å²) in [5, 5.41) is 3.69. The van der Waals surface area contributed by atoms with Crippen molar-refractivity contribution in [3.05, 3.63) is 59.4 Å². The Labute approximate surface area is 164 Å². The fraction of sp³-hybridized carbons (Fsp3) is 0.429. The number of nitrogens with one attached hydrogen (secondary N) is 1. The molecule has 1 N–H and O–H groups in total. The molecule has 2 aromatic rings. The van der Waals surface area contributed by atoms with Crippen LogP contribution in [0, 0.1) is 5.92 Å². The first kappa shape index (κ1) is 17.0. The van der Waals surface area contributed by atoms with Crippen LogP contribution in [0.25, 0.3) is 0 Å². The number of amides is 2. The SMILES string of the molecule is O=C(Nc1cccc(Cl)c1)N1CC(c2cccnc2)C2C1C1CCN2CC1. The van der Waals surface area contributed by atoms with Gasteiger partial charge in [0.2, 0.25) is 0 Å².